The van der Waals surface area contributed by atoms with Crippen molar-refractivity contribution in [1.82, 2.24) is 0 Å². The van der Waals surface area contributed by atoms with Crippen molar-refractivity contribution >= 4 is 70.5 Å². The molecule has 12 rings (SSSR count). The molecule has 1 aliphatic rings. The number of furan rings is 1. The maximum Gasteiger partial charge on any atom is 0.136 e. The van der Waals surface area contributed by atoms with Crippen LogP contribution in [0.2, 0.25) is 0 Å². The van der Waals surface area contributed by atoms with E-state index in [1.807, 2.05) is 17.4 Å². The van der Waals surface area contributed by atoms with Gasteiger partial charge in [0.05, 0.1) is 21.5 Å². The van der Waals surface area contributed by atoms with Gasteiger partial charge in [-0.3, -0.25) is 0 Å². The van der Waals surface area contributed by atoms with Crippen molar-refractivity contribution in [3.8, 4) is 22.3 Å². The fourth-order valence-corrected chi connectivity index (χ4v) is 11.0. The van der Waals surface area contributed by atoms with Crippen molar-refractivity contribution in [2.75, 3.05) is 4.90 Å². The van der Waals surface area contributed by atoms with Crippen LogP contribution in [0.1, 0.15) is 22.3 Å². The average Bonchev–Trinajstić information content (AvgIpc) is 3.97. The van der Waals surface area contributed by atoms with Crippen LogP contribution in [0.15, 0.2) is 217 Å². The zero-order chi connectivity index (χ0) is 38.2. The Balaban J connectivity index is 1.13. The highest BCUT2D eigenvalue weighted by Gasteiger charge is 2.47. The first kappa shape index (κ1) is 33.0. The van der Waals surface area contributed by atoms with Gasteiger partial charge in [0.1, 0.15) is 11.2 Å². The van der Waals surface area contributed by atoms with Crippen LogP contribution in [-0.2, 0) is 5.41 Å². The molecule has 11 aromatic rings. The molecule has 0 bridgehead atoms. The predicted octanol–water partition coefficient (Wildman–Crippen LogP) is 15.5. The molecule has 0 saturated heterocycles. The summed E-state index contributed by atoms with van der Waals surface area (Å²) < 4.78 is 8.86. The molecule has 272 valence electrons. The maximum atomic E-state index is 6.30. The highest BCUT2D eigenvalue weighted by Crippen LogP contribution is 2.60. The first-order valence-electron chi connectivity index (χ1n) is 19.8. The van der Waals surface area contributed by atoms with Gasteiger partial charge in [-0.05, 0) is 81.4 Å². The third-order valence-corrected chi connectivity index (χ3v) is 13.4. The second-order valence-corrected chi connectivity index (χ2v) is 16.2. The number of rotatable bonds is 6. The number of benzene rings is 9. The van der Waals surface area contributed by atoms with Crippen molar-refractivity contribution in [3.63, 3.8) is 0 Å². The zero-order valence-electron chi connectivity index (χ0n) is 31.5. The van der Waals surface area contributed by atoms with E-state index in [0.29, 0.717) is 0 Å². The molecule has 1 aliphatic carbocycles. The summed E-state index contributed by atoms with van der Waals surface area (Å²) in [5, 5.41) is 4.84. The number of anilines is 3. The molecule has 2 nitrogen and oxygen atoms in total. The van der Waals surface area contributed by atoms with Crippen LogP contribution in [0.3, 0.4) is 0 Å². The van der Waals surface area contributed by atoms with Crippen LogP contribution < -0.4 is 4.90 Å². The molecule has 0 fully saturated rings. The summed E-state index contributed by atoms with van der Waals surface area (Å²) in [5.74, 6) is 0. The van der Waals surface area contributed by atoms with Gasteiger partial charge in [0, 0.05) is 37.5 Å². The summed E-state index contributed by atoms with van der Waals surface area (Å²) in [6, 6.07) is 77.5. The fourth-order valence-electron chi connectivity index (χ4n) is 9.78. The molecule has 0 atom stereocenters. The van der Waals surface area contributed by atoms with Gasteiger partial charge in [0.15, 0.2) is 0 Å². The normalized spacial score (nSPS) is 13.0. The molecule has 2 heterocycles. The molecule has 9 aromatic carbocycles. The second kappa shape index (κ2) is 12.9. The van der Waals surface area contributed by atoms with Crippen LogP contribution in [0.4, 0.5) is 17.1 Å². The predicted molar refractivity (Wildman–Crippen MR) is 244 cm³/mol. The van der Waals surface area contributed by atoms with E-state index in [9.17, 15) is 0 Å². The van der Waals surface area contributed by atoms with E-state index in [-0.39, 0.29) is 0 Å². The Bertz CT molecular complexity index is 3300. The summed E-state index contributed by atoms with van der Waals surface area (Å²) in [4.78, 5) is 2.51. The number of hydrogen-bond acceptors (Lipinski definition) is 3. The lowest BCUT2D eigenvalue weighted by atomic mass is 9.68. The maximum absolute atomic E-state index is 6.30. The van der Waals surface area contributed by atoms with E-state index in [0.717, 1.165) is 50.1 Å². The van der Waals surface area contributed by atoms with Gasteiger partial charge < -0.3 is 9.32 Å². The van der Waals surface area contributed by atoms with E-state index in [1.54, 1.807) is 0 Å². The lowest BCUT2D eigenvalue weighted by Gasteiger charge is -2.34. The quantitative estimate of drug-likeness (QED) is 0.168. The Labute approximate surface area is 340 Å². The summed E-state index contributed by atoms with van der Waals surface area (Å²) in [6.45, 7) is 0. The summed E-state index contributed by atoms with van der Waals surface area (Å²) >= 11 is 1.87. The van der Waals surface area contributed by atoms with Crippen LogP contribution >= 0.6 is 11.3 Å². The highest BCUT2D eigenvalue weighted by molar-refractivity contribution is 7.26. The van der Waals surface area contributed by atoms with Gasteiger partial charge >= 0.3 is 0 Å². The number of para-hydroxylation sites is 1. The SMILES string of the molecule is c1ccc(C2(c3ccccc3)c3ccccc3-c3c(N(c4ccc(-c5cccc6oc7ccccc7c56)cc4)c4cccc5c4sc4ccccc45)cccc32)cc1. The van der Waals surface area contributed by atoms with Crippen LogP contribution in [-0.4, -0.2) is 0 Å². The summed E-state index contributed by atoms with van der Waals surface area (Å²) in [7, 11) is 0. The molecule has 0 aliphatic heterocycles. The average molecular weight is 758 g/mol. The fraction of sp³-hybridized carbons (Fsp3) is 0.0182. The Kier molecular flexibility index (Phi) is 7.35. The van der Waals surface area contributed by atoms with Gasteiger partial charge in [-0.2, -0.15) is 0 Å². The van der Waals surface area contributed by atoms with Crippen molar-refractivity contribution in [2.24, 2.45) is 0 Å². The molecule has 0 amide bonds. The Hall–Kier alpha value is -7.20. The zero-order valence-corrected chi connectivity index (χ0v) is 32.3. The minimum atomic E-state index is -0.504. The topological polar surface area (TPSA) is 16.4 Å². The van der Waals surface area contributed by atoms with Gasteiger partial charge in [0.2, 0.25) is 0 Å². The molecule has 0 saturated carbocycles. The molecule has 0 spiro atoms. The molecule has 0 unspecified atom stereocenters. The van der Waals surface area contributed by atoms with E-state index >= 15 is 0 Å². The van der Waals surface area contributed by atoms with Crippen LogP contribution in [0, 0.1) is 0 Å². The number of nitrogens with zero attached hydrogens (tertiary/aromatic N) is 1. The second-order valence-electron chi connectivity index (χ2n) is 15.1. The molecule has 58 heavy (non-hydrogen) atoms. The van der Waals surface area contributed by atoms with Crippen molar-refractivity contribution in [3.05, 3.63) is 235 Å². The smallest absolute Gasteiger partial charge is 0.136 e. The third-order valence-electron chi connectivity index (χ3n) is 12.2. The van der Waals surface area contributed by atoms with Crippen LogP contribution in [0.5, 0.6) is 0 Å². The van der Waals surface area contributed by atoms with Gasteiger partial charge in [-0.1, -0.05) is 170 Å². The van der Waals surface area contributed by atoms with E-state index in [4.69, 9.17) is 4.42 Å². The van der Waals surface area contributed by atoms with Gasteiger partial charge in [-0.15, -0.1) is 11.3 Å². The molecule has 0 N–H and O–H groups in total. The summed E-state index contributed by atoms with van der Waals surface area (Å²) in [5.41, 5.74) is 14.6. The van der Waals surface area contributed by atoms with E-state index in [2.05, 4.69) is 211 Å². The minimum absolute atomic E-state index is 0.504. The number of fused-ring (bicyclic) bond motifs is 9. The standard InChI is InChI=1S/C55H35NOS/c1-3-16-37(17-4-1)55(38-18-5-2-6-19-38)45-25-10-7-21-43(45)53-46(55)26-15-27-47(53)56(48-28-13-24-42-41-20-9-12-31-51(41)58-54(42)48)39-34-32-36(33-35-39)40-23-14-30-50-52(40)44-22-8-11-29-49(44)57-50/h1-35H. The molecule has 0 radical (unpaired) electrons. The number of hydrogen-bond donors (Lipinski definition) is 0. The molecular weight excluding hydrogens is 723 g/mol. The number of thiophene rings is 1. The van der Waals surface area contributed by atoms with E-state index < -0.39 is 5.41 Å². The lowest BCUT2D eigenvalue weighted by molar-refractivity contribution is 0.669. The van der Waals surface area contributed by atoms with Gasteiger partial charge in [0.25, 0.3) is 0 Å². The van der Waals surface area contributed by atoms with Crippen molar-refractivity contribution < 1.29 is 4.42 Å². The Morgan fingerprint density at radius 2 is 1.00 bits per heavy atom. The van der Waals surface area contributed by atoms with Crippen molar-refractivity contribution in [2.45, 2.75) is 5.41 Å². The summed E-state index contributed by atoms with van der Waals surface area (Å²) in [6.07, 6.45) is 0. The van der Waals surface area contributed by atoms with E-state index in [1.165, 1.54) is 53.6 Å². The van der Waals surface area contributed by atoms with Crippen LogP contribution in [0.25, 0.3) is 64.4 Å². The first-order chi connectivity index (χ1) is 28.8. The minimum Gasteiger partial charge on any atom is -0.456 e. The molecule has 2 aromatic heterocycles. The van der Waals surface area contributed by atoms with Gasteiger partial charge in [-0.25, -0.2) is 0 Å². The largest absolute Gasteiger partial charge is 0.456 e. The molecular formula is C55H35NOS. The Morgan fingerprint density at radius 1 is 0.414 bits per heavy atom. The lowest BCUT2D eigenvalue weighted by Crippen LogP contribution is -2.28. The first-order valence-corrected chi connectivity index (χ1v) is 20.7. The monoisotopic (exact) mass is 757 g/mol. The molecule has 3 heteroatoms. The Morgan fingerprint density at radius 3 is 1.81 bits per heavy atom. The van der Waals surface area contributed by atoms with Crippen molar-refractivity contribution in [1.29, 1.82) is 0 Å². The highest BCUT2D eigenvalue weighted by atomic mass is 32.1. The third kappa shape index (κ3) is 4.71.